The Balaban J connectivity index is 1.88. The lowest BCUT2D eigenvalue weighted by Crippen LogP contribution is -2.44. The quantitative estimate of drug-likeness (QED) is 0.713. The monoisotopic (exact) mass is 308 g/mol. The molecule has 6 nitrogen and oxygen atoms in total. The summed E-state index contributed by atoms with van der Waals surface area (Å²) in [6, 6.07) is 0.0206. The molecule has 2 rings (SSSR count). The van der Waals surface area contributed by atoms with Gasteiger partial charge in [0.25, 0.3) is 0 Å². The van der Waals surface area contributed by atoms with Crippen molar-refractivity contribution in [2.45, 2.75) is 58.2 Å². The largest absolute Gasteiger partial charge is 0.385 e. The van der Waals surface area contributed by atoms with E-state index in [4.69, 9.17) is 4.74 Å². The summed E-state index contributed by atoms with van der Waals surface area (Å²) in [6.45, 7) is 6.26. The van der Waals surface area contributed by atoms with Gasteiger partial charge in [0.15, 0.2) is 0 Å². The van der Waals surface area contributed by atoms with Gasteiger partial charge in [-0.1, -0.05) is 0 Å². The molecular weight excluding hydrogens is 280 g/mol. The summed E-state index contributed by atoms with van der Waals surface area (Å²) < 4.78 is 7.05. The van der Waals surface area contributed by atoms with Crippen LogP contribution in [0.3, 0.4) is 0 Å². The van der Waals surface area contributed by atoms with E-state index in [2.05, 4.69) is 27.3 Å². The van der Waals surface area contributed by atoms with Gasteiger partial charge in [0, 0.05) is 44.1 Å². The van der Waals surface area contributed by atoms with Crippen LogP contribution in [0.25, 0.3) is 0 Å². The summed E-state index contributed by atoms with van der Waals surface area (Å²) in [5, 5.41) is 10.9. The minimum atomic E-state index is -0.205. The van der Waals surface area contributed by atoms with Crippen molar-refractivity contribution in [1.29, 1.82) is 0 Å². The highest BCUT2D eigenvalue weighted by atomic mass is 16.5. The van der Waals surface area contributed by atoms with Gasteiger partial charge in [0.2, 0.25) is 5.91 Å². The molecule has 124 valence electrons. The lowest BCUT2D eigenvalue weighted by Gasteiger charge is -2.27. The van der Waals surface area contributed by atoms with Gasteiger partial charge in [-0.25, -0.2) is 0 Å². The van der Waals surface area contributed by atoms with Crippen LogP contribution in [0.1, 0.15) is 50.4 Å². The number of methoxy groups -OCH3 is 1. The lowest BCUT2D eigenvalue weighted by molar-refractivity contribution is -0.123. The van der Waals surface area contributed by atoms with Crippen LogP contribution >= 0.6 is 0 Å². The summed E-state index contributed by atoms with van der Waals surface area (Å²) in [5.41, 5.74) is 2.58. The predicted molar refractivity (Wildman–Crippen MR) is 85.7 cm³/mol. The number of nitrogens with one attached hydrogen (secondary N) is 2. The highest BCUT2D eigenvalue weighted by Crippen LogP contribution is 2.29. The second-order valence-electron chi connectivity index (χ2n) is 5.83. The van der Waals surface area contributed by atoms with Crippen molar-refractivity contribution >= 4 is 5.91 Å². The predicted octanol–water partition coefficient (Wildman–Crippen LogP) is 1.41. The van der Waals surface area contributed by atoms with E-state index in [-0.39, 0.29) is 18.0 Å². The smallest absolute Gasteiger partial charge is 0.236 e. The van der Waals surface area contributed by atoms with Gasteiger partial charge in [0.1, 0.15) is 0 Å². The number of rotatable bonds is 8. The molecule has 0 aromatic carbocycles. The number of hydrogen-bond acceptors (Lipinski definition) is 4. The zero-order chi connectivity index (χ0) is 15.9. The number of ether oxygens (including phenoxy) is 1. The van der Waals surface area contributed by atoms with E-state index < -0.39 is 0 Å². The van der Waals surface area contributed by atoms with E-state index in [1.54, 1.807) is 7.11 Å². The van der Waals surface area contributed by atoms with Gasteiger partial charge in [0.05, 0.1) is 12.2 Å². The van der Waals surface area contributed by atoms with Crippen LogP contribution in [0.5, 0.6) is 0 Å². The Bertz CT molecular complexity index is 486. The average Bonchev–Trinajstić information content (AvgIpc) is 2.95. The number of carbonyl (C=O) groups is 1. The summed E-state index contributed by atoms with van der Waals surface area (Å²) >= 11 is 0. The third-order valence-corrected chi connectivity index (χ3v) is 4.23. The van der Waals surface area contributed by atoms with Crippen molar-refractivity contribution in [1.82, 2.24) is 20.4 Å². The SMILES string of the molecule is CCn1ncc2c1CCC[C@@H]2N[C@@H](C)C(=O)NCCCOC. The highest BCUT2D eigenvalue weighted by molar-refractivity contribution is 5.81. The molecule has 0 saturated heterocycles. The van der Waals surface area contributed by atoms with E-state index in [9.17, 15) is 4.79 Å². The maximum atomic E-state index is 12.1. The second kappa shape index (κ2) is 8.29. The number of carbonyl (C=O) groups excluding carboxylic acids is 1. The van der Waals surface area contributed by atoms with Gasteiger partial charge >= 0.3 is 0 Å². The summed E-state index contributed by atoms with van der Waals surface area (Å²) in [7, 11) is 1.67. The minimum Gasteiger partial charge on any atom is -0.385 e. The molecule has 6 heteroatoms. The normalized spacial score (nSPS) is 18.8. The van der Waals surface area contributed by atoms with Crippen molar-refractivity contribution in [2.24, 2.45) is 0 Å². The Morgan fingerprint density at radius 1 is 1.59 bits per heavy atom. The van der Waals surface area contributed by atoms with Crippen LogP contribution in [-0.2, 0) is 22.5 Å². The molecule has 22 heavy (non-hydrogen) atoms. The minimum absolute atomic E-state index is 0.0473. The van der Waals surface area contributed by atoms with Crippen molar-refractivity contribution in [3.05, 3.63) is 17.5 Å². The fourth-order valence-corrected chi connectivity index (χ4v) is 3.02. The number of aryl methyl sites for hydroxylation is 1. The summed E-state index contributed by atoms with van der Waals surface area (Å²) in [4.78, 5) is 12.1. The zero-order valence-electron chi connectivity index (χ0n) is 13.9. The first-order valence-electron chi connectivity index (χ1n) is 8.24. The number of hydrogen-bond donors (Lipinski definition) is 2. The van der Waals surface area contributed by atoms with Crippen LogP contribution in [0.4, 0.5) is 0 Å². The van der Waals surface area contributed by atoms with Crippen LogP contribution in [0, 0.1) is 0 Å². The molecule has 0 bridgehead atoms. The topological polar surface area (TPSA) is 68.2 Å². The van der Waals surface area contributed by atoms with Crippen LogP contribution in [0.2, 0.25) is 0 Å². The number of nitrogens with zero attached hydrogens (tertiary/aromatic N) is 2. The molecule has 0 fully saturated rings. The molecule has 0 aliphatic heterocycles. The first-order valence-corrected chi connectivity index (χ1v) is 8.24. The molecule has 1 aliphatic rings. The number of fused-ring (bicyclic) bond motifs is 1. The second-order valence-corrected chi connectivity index (χ2v) is 5.83. The third kappa shape index (κ3) is 4.08. The van der Waals surface area contributed by atoms with Crippen LogP contribution in [-0.4, -0.2) is 42.0 Å². The van der Waals surface area contributed by atoms with Crippen molar-refractivity contribution in [3.8, 4) is 0 Å². The Morgan fingerprint density at radius 3 is 3.14 bits per heavy atom. The molecule has 1 heterocycles. The molecule has 2 atom stereocenters. The van der Waals surface area contributed by atoms with Crippen molar-refractivity contribution in [3.63, 3.8) is 0 Å². The summed E-state index contributed by atoms with van der Waals surface area (Å²) in [5.74, 6) is 0.0473. The maximum absolute atomic E-state index is 12.1. The molecular formula is C16H28N4O2. The molecule has 1 aromatic rings. The van der Waals surface area contributed by atoms with Gasteiger partial charge in [-0.15, -0.1) is 0 Å². The van der Waals surface area contributed by atoms with E-state index in [0.29, 0.717) is 13.2 Å². The fourth-order valence-electron chi connectivity index (χ4n) is 3.02. The lowest BCUT2D eigenvalue weighted by atomic mass is 9.92. The van der Waals surface area contributed by atoms with E-state index in [1.165, 1.54) is 11.3 Å². The van der Waals surface area contributed by atoms with Crippen LogP contribution < -0.4 is 10.6 Å². The number of amides is 1. The van der Waals surface area contributed by atoms with Gasteiger partial charge in [-0.2, -0.15) is 5.10 Å². The molecule has 0 unspecified atom stereocenters. The van der Waals surface area contributed by atoms with Crippen LogP contribution in [0.15, 0.2) is 6.20 Å². The van der Waals surface area contributed by atoms with E-state index in [0.717, 1.165) is 32.2 Å². The molecule has 1 aromatic heterocycles. The maximum Gasteiger partial charge on any atom is 0.236 e. The zero-order valence-corrected chi connectivity index (χ0v) is 13.9. The first-order chi connectivity index (χ1) is 10.7. The Labute approximate surface area is 132 Å². The Morgan fingerprint density at radius 2 is 2.41 bits per heavy atom. The molecule has 0 saturated carbocycles. The van der Waals surface area contributed by atoms with E-state index >= 15 is 0 Å². The van der Waals surface area contributed by atoms with Gasteiger partial charge < -0.3 is 10.1 Å². The summed E-state index contributed by atoms with van der Waals surface area (Å²) in [6.07, 6.45) is 6.08. The van der Waals surface area contributed by atoms with Gasteiger partial charge in [-0.3, -0.25) is 14.8 Å². The average molecular weight is 308 g/mol. The standard InChI is InChI=1S/C16H28N4O2/c1-4-20-15-8-5-7-14(13(15)11-18-20)19-12(2)16(21)17-9-6-10-22-3/h11-12,14,19H,4-10H2,1-3H3,(H,17,21)/t12-,14-/m0/s1. The Kier molecular flexibility index (Phi) is 6.39. The third-order valence-electron chi connectivity index (χ3n) is 4.23. The van der Waals surface area contributed by atoms with Gasteiger partial charge in [-0.05, 0) is 39.5 Å². The fraction of sp³-hybridized carbons (Fsp3) is 0.750. The highest BCUT2D eigenvalue weighted by Gasteiger charge is 2.26. The van der Waals surface area contributed by atoms with E-state index in [1.807, 2.05) is 13.1 Å². The molecule has 1 amide bonds. The molecule has 1 aliphatic carbocycles. The number of aromatic nitrogens is 2. The van der Waals surface area contributed by atoms with Crippen molar-refractivity contribution < 1.29 is 9.53 Å². The Hall–Kier alpha value is -1.40. The molecule has 0 radical (unpaired) electrons. The van der Waals surface area contributed by atoms with Crippen molar-refractivity contribution in [2.75, 3.05) is 20.3 Å². The first kappa shape index (κ1) is 17.0. The molecule has 0 spiro atoms. The molecule has 2 N–H and O–H groups in total.